The number of likely N-dealkylation sites (tertiary alicyclic amines) is 1. The lowest BCUT2D eigenvalue weighted by Gasteiger charge is -2.32. The average Bonchev–Trinajstić information content (AvgIpc) is 2.68. The third kappa shape index (κ3) is 4.06. The summed E-state index contributed by atoms with van der Waals surface area (Å²) in [6.07, 6.45) is 1.89. The first-order valence-electron chi connectivity index (χ1n) is 8.61. The van der Waals surface area contributed by atoms with Crippen LogP contribution in [0.4, 0.5) is 5.69 Å². The third-order valence-corrected chi connectivity index (χ3v) is 4.63. The molecule has 130 valence electrons. The van der Waals surface area contributed by atoms with E-state index in [1.54, 1.807) is 24.3 Å². The Balaban J connectivity index is 1.75. The zero-order valence-corrected chi connectivity index (χ0v) is 14.4. The molecule has 5 nitrogen and oxygen atoms in total. The van der Waals surface area contributed by atoms with Crippen LogP contribution in [-0.4, -0.2) is 42.9 Å². The fraction of sp³-hybridized carbons (Fsp3) is 0.300. The van der Waals surface area contributed by atoms with Crippen LogP contribution in [0.2, 0.25) is 0 Å². The van der Waals surface area contributed by atoms with Gasteiger partial charge in [0.05, 0.1) is 11.3 Å². The second-order valence-corrected chi connectivity index (χ2v) is 6.22. The minimum Gasteiger partial charge on any atom is -0.338 e. The summed E-state index contributed by atoms with van der Waals surface area (Å²) in [4.78, 5) is 27.2. The molecule has 1 heterocycles. The second kappa shape index (κ2) is 7.94. The second-order valence-electron chi connectivity index (χ2n) is 6.22. The van der Waals surface area contributed by atoms with Crippen molar-refractivity contribution in [1.29, 1.82) is 0 Å². The molecule has 2 N–H and O–H groups in total. The third-order valence-electron chi connectivity index (χ3n) is 4.63. The summed E-state index contributed by atoms with van der Waals surface area (Å²) in [5.74, 6) is -0.242. The van der Waals surface area contributed by atoms with Crippen molar-refractivity contribution in [3.63, 3.8) is 0 Å². The molecule has 1 aliphatic rings. The van der Waals surface area contributed by atoms with Gasteiger partial charge >= 0.3 is 0 Å². The van der Waals surface area contributed by atoms with Crippen LogP contribution in [0.1, 0.15) is 33.6 Å². The molecule has 25 heavy (non-hydrogen) atoms. The van der Waals surface area contributed by atoms with E-state index in [4.69, 9.17) is 0 Å². The Morgan fingerprint density at radius 2 is 1.60 bits per heavy atom. The van der Waals surface area contributed by atoms with E-state index in [-0.39, 0.29) is 11.8 Å². The van der Waals surface area contributed by atoms with Crippen LogP contribution in [0.25, 0.3) is 0 Å². The highest BCUT2D eigenvalue weighted by atomic mass is 16.2. The Labute approximate surface area is 148 Å². The minimum absolute atomic E-state index is 0.0292. The van der Waals surface area contributed by atoms with Gasteiger partial charge in [0.1, 0.15) is 0 Å². The van der Waals surface area contributed by atoms with E-state index in [1.165, 1.54) is 0 Å². The summed E-state index contributed by atoms with van der Waals surface area (Å²) < 4.78 is 0. The lowest BCUT2D eigenvalue weighted by Crippen LogP contribution is -2.44. The normalized spacial score (nSPS) is 15.0. The van der Waals surface area contributed by atoms with Crippen LogP contribution in [0.3, 0.4) is 0 Å². The number of benzene rings is 2. The molecule has 5 heteroatoms. The molecule has 1 saturated heterocycles. The molecule has 1 aliphatic heterocycles. The van der Waals surface area contributed by atoms with Gasteiger partial charge in [-0.3, -0.25) is 9.59 Å². The number of hydrogen-bond acceptors (Lipinski definition) is 3. The molecule has 0 atom stereocenters. The highest BCUT2D eigenvalue weighted by Gasteiger charge is 2.24. The molecule has 0 bridgehead atoms. The van der Waals surface area contributed by atoms with Crippen molar-refractivity contribution in [3.8, 4) is 0 Å². The summed E-state index contributed by atoms with van der Waals surface area (Å²) in [7, 11) is 1.95. The molecule has 2 amide bonds. The highest BCUT2D eigenvalue weighted by molar-refractivity contribution is 6.09. The SMILES string of the molecule is CNC1CCN(C(=O)c2ccccc2NC(=O)c2ccccc2)CC1. The average molecular weight is 337 g/mol. The van der Waals surface area contributed by atoms with Crippen molar-refractivity contribution < 1.29 is 9.59 Å². The monoisotopic (exact) mass is 337 g/mol. The molecule has 0 unspecified atom stereocenters. The van der Waals surface area contributed by atoms with Gasteiger partial charge in [-0.05, 0) is 44.2 Å². The van der Waals surface area contributed by atoms with Gasteiger partial charge in [0.25, 0.3) is 11.8 Å². The fourth-order valence-electron chi connectivity index (χ4n) is 3.10. The van der Waals surface area contributed by atoms with Crippen LogP contribution in [0.15, 0.2) is 54.6 Å². The van der Waals surface area contributed by atoms with Gasteiger partial charge in [-0.15, -0.1) is 0 Å². The molecule has 0 spiro atoms. The van der Waals surface area contributed by atoms with Crippen LogP contribution < -0.4 is 10.6 Å². The number of para-hydroxylation sites is 1. The van der Waals surface area contributed by atoms with Gasteiger partial charge in [0.15, 0.2) is 0 Å². The fourth-order valence-corrected chi connectivity index (χ4v) is 3.10. The van der Waals surface area contributed by atoms with Gasteiger partial charge in [-0.25, -0.2) is 0 Å². The smallest absolute Gasteiger partial charge is 0.255 e. The predicted molar refractivity (Wildman–Crippen MR) is 98.8 cm³/mol. The van der Waals surface area contributed by atoms with Crippen molar-refractivity contribution in [2.24, 2.45) is 0 Å². The zero-order valence-electron chi connectivity index (χ0n) is 14.4. The summed E-state index contributed by atoms with van der Waals surface area (Å²) in [6, 6.07) is 16.7. The zero-order chi connectivity index (χ0) is 17.6. The van der Waals surface area contributed by atoms with E-state index < -0.39 is 0 Å². The van der Waals surface area contributed by atoms with Gasteiger partial charge in [-0.1, -0.05) is 30.3 Å². The Bertz CT molecular complexity index is 738. The van der Waals surface area contributed by atoms with E-state index in [2.05, 4.69) is 10.6 Å². The molecule has 2 aromatic rings. The van der Waals surface area contributed by atoms with E-state index in [0.717, 1.165) is 25.9 Å². The molecule has 3 rings (SSSR count). The number of piperidine rings is 1. The first-order chi connectivity index (χ1) is 12.2. The summed E-state index contributed by atoms with van der Waals surface area (Å²) in [5, 5.41) is 6.13. The lowest BCUT2D eigenvalue weighted by molar-refractivity contribution is 0.0708. The van der Waals surface area contributed by atoms with Crippen LogP contribution in [0.5, 0.6) is 0 Å². The van der Waals surface area contributed by atoms with E-state index in [0.29, 0.717) is 22.9 Å². The molecular formula is C20H23N3O2. The van der Waals surface area contributed by atoms with Crippen LogP contribution in [-0.2, 0) is 0 Å². The van der Waals surface area contributed by atoms with Gasteiger partial charge in [0, 0.05) is 24.7 Å². The quantitative estimate of drug-likeness (QED) is 0.902. The van der Waals surface area contributed by atoms with E-state index in [1.807, 2.05) is 42.3 Å². The van der Waals surface area contributed by atoms with Crippen molar-refractivity contribution >= 4 is 17.5 Å². The number of rotatable bonds is 4. The van der Waals surface area contributed by atoms with Crippen molar-refractivity contribution in [3.05, 3.63) is 65.7 Å². The maximum atomic E-state index is 12.9. The Hall–Kier alpha value is -2.66. The summed E-state index contributed by atoms with van der Waals surface area (Å²) >= 11 is 0. The number of amides is 2. The minimum atomic E-state index is -0.213. The van der Waals surface area contributed by atoms with Gasteiger partial charge in [-0.2, -0.15) is 0 Å². The van der Waals surface area contributed by atoms with Crippen molar-refractivity contribution in [1.82, 2.24) is 10.2 Å². The van der Waals surface area contributed by atoms with Crippen molar-refractivity contribution in [2.75, 3.05) is 25.5 Å². The Kier molecular flexibility index (Phi) is 5.46. The van der Waals surface area contributed by atoms with Gasteiger partial charge < -0.3 is 15.5 Å². The molecule has 0 aromatic heterocycles. The van der Waals surface area contributed by atoms with Crippen LogP contribution >= 0.6 is 0 Å². The van der Waals surface area contributed by atoms with Crippen LogP contribution in [0, 0.1) is 0 Å². The molecule has 0 saturated carbocycles. The molecule has 0 radical (unpaired) electrons. The number of hydrogen-bond donors (Lipinski definition) is 2. The predicted octanol–water partition coefficient (Wildman–Crippen LogP) is 2.76. The number of nitrogens with zero attached hydrogens (tertiary/aromatic N) is 1. The standard InChI is InChI=1S/C20H23N3O2/c1-21-16-11-13-23(14-12-16)20(25)17-9-5-6-10-18(17)22-19(24)15-7-3-2-4-8-15/h2-10,16,21H,11-14H2,1H3,(H,22,24). The maximum absolute atomic E-state index is 12.9. The number of carbonyl (C=O) groups is 2. The number of nitrogens with one attached hydrogen (secondary N) is 2. The first-order valence-corrected chi connectivity index (χ1v) is 8.61. The lowest BCUT2D eigenvalue weighted by atomic mass is 10.0. The summed E-state index contributed by atoms with van der Waals surface area (Å²) in [6.45, 7) is 1.45. The van der Waals surface area contributed by atoms with E-state index >= 15 is 0 Å². The largest absolute Gasteiger partial charge is 0.338 e. The number of anilines is 1. The highest BCUT2D eigenvalue weighted by Crippen LogP contribution is 2.21. The molecule has 1 fully saturated rings. The van der Waals surface area contributed by atoms with Gasteiger partial charge in [0.2, 0.25) is 0 Å². The molecular weight excluding hydrogens is 314 g/mol. The Morgan fingerprint density at radius 3 is 2.28 bits per heavy atom. The summed E-state index contributed by atoms with van der Waals surface area (Å²) in [5.41, 5.74) is 1.66. The topological polar surface area (TPSA) is 61.4 Å². The Morgan fingerprint density at radius 1 is 0.960 bits per heavy atom. The first kappa shape index (κ1) is 17.2. The molecule has 0 aliphatic carbocycles. The molecule has 2 aromatic carbocycles. The maximum Gasteiger partial charge on any atom is 0.255 e. The van der Waals surface area contributed by atoms with Crippen molar-refractivity contribution in [2.45, 2.75) is 18.9 Å². The number of carbonyl (C=O) groups excluding carboxylic acids is 2. The van der Waals surface area contributed by atoms with E-state index in [9.17, 15) is 9.59 Å².